The van der Waals surface area contributed by atoms with Gasteiger partial charge in [-0.25, -0.2) is 13.2 Å². The summed E-state index contributed by atoms with van der Waals surface area (Å²) in [4.78, 5) is 12.2. The second-order valence-electron chi connectivity index (χ2n) is 6.95. The second-order valence-corrected chi connectivity index (χ2v) is 9.18. The molecular weight excluding hydrogens is 328 g/mol. The molecule has 1 aliphatic carbocycles. The third-order valence-electron chi connectivity index (χ3n) is 4.57. The Morgan fingerprint density at radius 2 is 1.92 bits per heavy atom. The molecule has 1 aromatic carbocycles. The number of benzene rings is 1. The molecule has 134 valence electrons. The van der Waals surface area contributed by atoms with Gasteiger partial charge in [0.2, 0.25) is 0 Å². The number of nitrogens with one attached hydrogen (secondary N) is 2. The molecule has 1 aliphatic rings. The van der Waals surface area contributed by atoms with E-state index in [1.165, 1.54) is 6.07 Å². The third kappa shape index (κ3) is 4.48. The van der Waals surface area contributed by atoms with Gasteiger partial charge in [-0.15, -0.1) is 0 Å². The number of amides is 2. The molecule has 0 bridgehead atoms. The molecule has 3 N–H and O–H groups in total. The third-order valence-corrected chi connectivity index (χ3v) is 6.83. The van der Waals surface area contributed by atoms with Crippen LogP contribution in [0.3, 0.4) is 0 Å². The molecule has 0 saturated heterocycles. The lowest BCUT2D eigenvalue weighted by atomic mass is 10.0. The van der Waals surface area contributed by atoms with E-state index in [4.69, 9.17) is 0 Å². The van der Waals surface area contributed by atoms with Gasteiger partial charge in [0.1, 0.15) is 0 Å². The van der Waals surface area contributed by atoms with Gasteiger partial charge in [0.25, 0.3) is 0 Å². The highest BCUT2D eigenvalue weighted by Crippen LogP contribution is 2.30. The van der Waals surface area contributed by atoms with Gasteiger partial charge in [0.15, 0.2) is 9.84 Å². The molecule has 1 fully saturated rings. The molecule has 0 radical (unpaired) electrons. The van der Waals surface area contributed by atoms with Crippen LogP contribution in [0.1, 0.15) is 46.5 Å². The van der Waals surface area contributed by atoms with Gasteiger partial charge in [-0.2, -0.15) is 0 Å². The summed E-state index contributed by atoms with van der Waals surface area (Å²) in [5.41, 5.74) is -0.639. The smallest absolute Gasteiger partial charge is 0.319 e. The molecule has 0 heterocycles. The number of carbonyl (C=O) groups excluding carboxylic acids is 1. The van der Waals surface area contributed by atoms with Crippen LogP contribution >= 0.6 is 0 Å². The van der Waals surface area contributed by atoms with Crippen molar-refractivity contribution in [2.24, 2.45) is 0 Å². The van der Waals surface area contributed by atoms with Gasteiger partial charge < -0.3 is 15.7 Å². The molecule has 0 unspecified atom stereocenters. The highest BCUT2D eigenvalue weighted by molar-refractivity contribution is 7.92. The minimum absolute atomic E-state index is 0.239. The van der Waals surface area contributed by atoms with E-state index in [-0.39, 0.29) is 10.1 Å². The molecule has 2 amide bonds. The SMILES string of the molecule is C[C@@H](NC(=O)Nc1cccc(S(=O)(=O)C2CCCC2)c1)C(C)(C)O. The van der Waals surface area contributed by atoms with Crippen molar-refractivity contribution >= 4 is 21.6 Å². The molecule has 1 aromatic rings. The Morgan fingerprint density at radius 1 is 1.29 bits per heavy atom. The first kappa shape index (κ1) is 18.7. The van der Waals surface area contributed by atoms with Crippen molar-refractivity contribution < 1.29 is 18.3 Å². The standard InChI is InChI=1S/C17H26N2O4S/c1-12(17(2,3)21)18-16(20)19-13-7-6-10-15(11-13)24(22,23)14-8-4-5-9-14/h6-7,10-12,14,21H,4-5,8-9H2,1-3H3,(H2,18,19,20)/t12-/m1/s1. The molecular formula is C17H26N2O4S. The summed E-state index contributed by atoms with van der Waals surface area (Å²) < 4.78 is 25.2. The van der Waals surface area contributed by atoms with E-state index >= 15 is 0 Å². The molecule has 0 spiro atoms. The number of hydrogen-bond acceptors (Lipinski definition) is 4. The minimum atomic E-state index is -3.35. The fourth-order valence-electron chi connectivity index (χ4n) is 2.68. The molecule has 6 nitrogen and oxygen atoms in total. The second kappa shape index (κ2) is 7.11. The molecule has 0 aliphatic heterocycles. The maximum absolute atomic E-state index is 12.6. The van der Waals surface area contributed by atoms with Crippen molar-refractivity contribution in [1.82, 2.24) is 5.32 Å². The lowest BCUT2D eigenvalue weighted by Gasteiger charge is -2.26. The van der Waals surface area contributed by atoms with Crippen LogP contribution in [0.15, 0.2) is 29.2 Å². The first-order chi connectivity index (χ1) is 11.1. The van der Waals surface area contributed by atoms with Crippen LogP contribution in [0.5, 0.6) is 0 Å². The quantitative estimate of drug-likeness (QED) is 0.757. The van der Waals surface area contributed by atoms with E-state index in [1.54, 1.807) is 39.0 Å². The fourth-order valence-corrected chi connectivity index (χ4v) is 4.58. The molecule has 7 heteroatoms. The number of carbonyl (C=O) groups is 1. The zero-order valence-corrected chi connectivity index (χ0v) is 15.2. The summed E-state index contributed by atoms with van der Waals surface area (Å²) in [5.74, 6) is 0. The maximum atomic E-state index is 12.6. The van der Waals surface area contributed by atoms with Crippen LogP contribution < -0.4 is 10.6 Å². The number of aliphatic hydroxyl groups is 1. The summed E-state index contributed by atoms with van der Waals surface area (Å²) in [6.07, 6.45) is 3.28. The minimum Gasteiger partial charge on any atom is -0.388 e. The van der Waals surface area contributed by atoms with Crippen LogP contribution in [0, 0.1) is 0 Å². The van der Waals surface area contributed by atoms with Gasteiger partial charge in [-0.3, -0.25) is 0 Å². The van der Waals surface area contributed by atoms with Crippen molar-refractivity contribution in [3.8, 4) is 0 Å². The van der Waals surface area contributed by atoms with Crippen LogP contribution in [0.2, 0.25) is 0 Å². The van der Waals surface area contributed by atoms with Crippen molar-refractivity contribution in [3.63, 3.8) is 0 Å². The van der Waals surface area contributed by atoms with Crippen LogP contribution in [-0.4, -0.2) is 36.4 Å². The predicted molar refractivity (Wildman–Crippen MR) is 93.8 cm³/mol. The van der Waals surface area contributed by atoms with E-state index < -0.39 is 27.5 Å². The van der Waals surface area contributed by atoms with E-state index in [0.717, 1.165) is 12.8 Å². The Bertz CT molecular complexity index is 689. The average molecular weight is 354 g/mol. The van der Waals surface area contributed by atoms with E-state index in [2.05, 4.69) is 10.6 Å². The van der Waals surface area contributed by atoms with E-state index in [9.17, 15) is 18.3 Å². The number of urea groups is 1. The average Bonchev–Trinajstić information content (AvgIpc) is 3.01. The Kier molecular flexibility index (Phi) is 5.55. The first-order valence-electron chi connectivity index (χ1n) is 8.24. The van der Waals surface area contributed by atoms with Gasteiger partial charge in [0, 0.05) is 5.69 Å². The van der Waals surface area contributed by atoms with Crippen molar-refractivity contribution in [3.05, 3.63) is 24.3 Å². The summed E-state index contributed by atoms with van der Waals surface area (Å²) in [6, 6.07) is 5.37. The van der Waals surface area contributed by atoms with Gasteiger partial charge in [0.05, 0.1) is 21.8 Å². The molecule has 24 heavy (non-hydrogen) atoms. The lowest BCUT2D eigenvalue weighted by Crippen LogP contribution is -2.48. The summed E-state index contributed by atoms with van der Waals surface area (Å²) in [6.45, 7) is 4.90. The van der Waals surface area contributed by atoms with Crippen molar-refractivity contribution in [2.75, 3.05) is 5.32 Å². The summed E-state index contributed by atoms with van der Waals surface area (Å²) >= 11 is 0. The van der Waals surface area contributed by atoms with Gasteiger partial charge in [-0.05, 0) is 51.8 Å². The zero-order valence-electron chi connectivity index (χ0n) is 14.4. The maximum Gasteiger partial charge on any atom is 0.319 e. The number of anilines is 1. The van der Waals surface area contributed by atoms with Gasteiger partial charge in [-0.1, -0.05) is 18.9 Å². The van der Waals surface area contributed by atoms with Crippen LogP contribution in [0.25, 0.3) is 0 Å². The largest absolute Gasteiger partial charge is 0.388 e. The number of sulfone groups is 1. The van der Waals surface area contributed by atoms with Crippen LogP contribution in [0.4, 0.5) is 10.5 Å². The topological polar surface area (TPSA) is 95.5 Å². The lowest BCUT2D eigenvalue weighted by molar-refractivity contribution is 0.0486. The predicted octanol–water partition coefficient (Wildman–Crippen LogP) is 2.68. The molecule has 1 saturated carbocycles. The molecule has 0 aromatic heterocycles. The van der Waals surface area contributed by atoms with Crippen molar-refractivity contribution in [2.45, 2.75) is 68.2 Å². The molecule has 1 atom stereocenters. The molecule has 2 rings (SSSR count). The highest BCUT2D eigenvalue weighted by Gasteiger charge is 2.30. The highest BCUT2D eigenvalue weighted by atomic mass is 32.2. The summed E-state index contributed by atoms with van der Waals surface area (Å²) in [5, 5.41) is 14.8. The van der Waals surface area contributed by atoms with Gasteiger partial charge >= 0.3 is 6.03 Å². The Morgan fingerprint density at radius 3 is 2.50 bits per heavy atom. The normalized spacial score (nSPS) is 17.5. The summed E-state index contributed by atoms with van der Waals surface area (Å²) in [7, 11) is -3.35. The number of rotatable bonds is 5. The van der Waals surface area contributed by atoms with E-state index in [1.807, 2.05) is 0 Å². The first-order valence-corrected chi connectivity index (χ1v) is 9.79. The monoisotopic (exact) mass is 354 g/mol. The Labute approximate surface area is 143 Å². The zero-order chi connectivity index (χ0) is 18.0. The Hall–Kier alpha value is -1.60. The Balaban J connectivity index is 2.09. The number of hydrogen-bond donors (Lipinski definition) is 3. The fraction of sp³-hybridized carbons (Fsp3) is 0.588. The van der Waals surface area contributed by atoms with E-state index in [0.29, 0.717) is 18.5 Å². The van der Waals surface area contributed by atoms with Crippen molar-refractivity contribution in [1.29, 1.82) is 0 Å². The van der Waals surface area contributed by atoms with Crippen LogP contribution in [-0.2, 0) is 9.84 Å².